The molecule has 0 aliphatic carbocycles. The molecule has 0 aliphatic rings. The Morgan fingerprint density at radius 3 is 2.63 bits per heavy atom. The van der Waals surface area contributed by atoms with E-state index in [2.05, 4.69) is 10.3 Å². The predicted octanol–water partition coefficient (Wildman–Crippen LogP) is 2.25. The van der Waals surface area contributed by atoms with Crippen molar-refractivity contribution in [2.45, 2.75) is 19.4 Å². The van der Waals surface area contributed by atoms with Crippen molar-refractivity contribution in [3.63, 3.8) is 0 Å². The zero-order chi connectivity index (χ0) is 13.8. The van der Waals surface area contributed by atoms with Crippen LogP contribution in [0.4, 0.5) is 0 Å². The molecule has 5 heteroatoms. The van der Waals surface area contributed by atoms with E-state index >= 15 is 0 Å². The molecule has 1 amide bonds. The molecule has 0 bridgehead atoms. The molecule has 0 saturated carbocycles. The van der Waals surface area contributed by atoms with Crippen LogP contribution in [-0.4, -0.2) is 17.9 Å². The Bertz CT molecular complexity index is 562. The molecule has 3 N–H and O–H groups in total. The zero-order valence-corrected chi connectivity index (χ0v) is 11.8. The molecule has 1 atom stereocenters. The van der Waals surface area contributed by atoms with Crippen LogP contribution in [0.5, 0.6) is 0 Å². The van der Waals surface area contributed by atoms with E-state index in [9.17, 15) is 4.79 Å². The summed E-state index contributed by atoms with van der Waals surface area (Å²) in [6, 6.07) is 7.74. The predicted molar refractivity (Wildman–Crippen MR) is 77.9 cm³/mol. The number of aryl methyl sites for hydroxylation is 1. The topological polar surface area (TPSA) is 68.0 Å². The second-order valence-corrected chi connectivity index (χ2v) is 5.23. The lowest BCUT2D eigenvalue weighted by atomic mass is 10.0. The number of carbonyl (C=O) groups excluding carboxylic acids is 1. The molecule has 0 fully saturated rings. The zero-order valence-electron chi connectivity index (χ0n) is 11.0. The van der Waals surface area contributed by atoms with E-state index in [0.29, 0.717) is 6.42 Å². The highest BCUT2D eigenvalue weighted by atomic mass is 32.1. The fourth-order valence-corrected chi connectivity index (χ4v) is 2.69. The van der Waals surface area contributed by atoms with Crippen LogP contribution in [0.2, 0.25) is 0 Å². The van der Waals surface area contributed by atoms with Crippen molar-refractivity contribution in [2.75, 3.05) is 7.05 Å². The normalized spacial score (nSPS) is 12.2. The highest BCUT2D eigenvalue weighted by Crippen LogP contribution is 2.28. The second kappa shape index (κ2) is 5.95. The number of hydrogen-bond donors (Lipinski definition) is 2. The van der Waals surface area contributed by atoms with Crippen LogP contribution in [0, 0.1) is 6.92 Å². The molecule has 0 unspecified atom stereocenters. The van der Waals surface area contributed by atoms with Crippen LogP contribution >= 0.6 is 11.3 Å². The average Bonchev–Trinajstić information content (AvgIpc) is 2.85. The van der Waals surface area contributed by atoms with Gasteiger partial charge in [0.2, 0.25) is 5.91 Å². The van der Waals surface area contributed by atoms with Gasteiger partial charge < -0.3 is 11.1 Å². The van der Waals surface area contributed by atoms with E-state index in [1.165, 1.54) is 4.88 Å². The summed E-state index contributed by atoms with van der Waals surface area (Å²) in [6.45, 7) is 2.00. The summed E-state index contributed by atoms with van der Waals surface area (Å²) in [7, 11) is 1.62. The van der Waals surface area contributed by atoms with Crippen LogP contribution < -0.4 is 11.1 Å². The fraction of sp³-hybridized carbons (Fsp3) is 0.286. The number of nitrogens with zero attached hydrogens (tertiary/aromatic N) is 1. The highest BCUT2D eigenvalue weighted by molar-refractivity contribution is 7.13. The number of nitrogens with two attached hydrogens (primary N) is 1. The van der Waals surface area contributed by atoms with Gasteiger partial charge >= 0.3 is 0 Å². The van der Waals surface area contributed by atoms with Crippen LogP contribution in [0.25, 0.3) is 10.4 Å². The van der Waals surface area contributed by atoms with Gasteiger partial charge in [-0.1, -0.05) is 24.3 Å². The summed E-state index contributed by atoms with van der Waals surface area (Å²) in [5.74, 6) is -0.0464. The van der Waals surface area contributed by atoms with E-state index in [0.717, 1.165) is 16.8 Å². The second-order valence-electron chi connectivity index (χ2n) is 4.37. The lowest BCUT2D eigenvalue weighted by molar-refractivity contribution is -0.120. The summed E-state index contributed by atoms with van der Waals surface area (Å²) in [4.78, 5) is 16.7. The minimum Gasteiger partial charge on any atom is -0.359 e. The first kappa shape index (κ1) is 13.7. The summed E-state index contributed by atoms with van der Waals surface area (Å²) >= 11 is 1.62. The van der Waals surface area contributed by atoms with Gasteiger partial charge in [-0.3, -0.25) is 4.79 Å². The third-order valence-electron chi connectivity index (χ3n) is 3.03. The van der Waals surface area contributed by atoms with Crippen LogP contribution in [-0.2, 0) is 4.79 Å². The summed E-state index contributed by atoms with van der Waals surface area (Å²) in [5.41, 5.74) is 11.0. The number of amides is 1. The van der Waals surface area contributed by atoms with Gasteiger partial charge in [-0.25, -0.2) is 4.98 Å². The molecule has 0 spiro atoms. The van der Waals surface area contributed by atoms with E-state index in [1.807, 2.05) is 36.7 Å². The van der Waals surface area contributed by atoms with Crippen molar-refractivity contribution in [3.05, 3.63) is 41.0 Å². The number of thiazole rings is 1. The van der Waals surface area contributed by atoms with Gasteiger partial charge in [0.25, 0.3) is 0 Å². The van der Waals surface area contributed by atoms with E-state index in [1.54, 1.807) is 18.4 Å². The summed E-state index contributed by atoms with van der Waals surface area (Å²) in [6.07, 6.45) is 0.301. The van der Waals surface area contributed by atoms with Crippen LogP contribution in [0.3, 0.4) is 0 Å². The number of hydrogen-bond acceptors (Lipinski definition) is 4. The van der Waals surface area contributed by atoms with Gasteiger partial charge in [-0.05, 0) is 18.1 Å². The Balaban J connectivity index is 2.15. The summed E-state index contributed by atoms with van der Waals surface area (Å²) in [5, 5.41) is 2.58. The van der Waals surface area contributed by atoms with Gasteiger partial charge in [-0.15, -0.1) is 11.3 Å². The van der Waals surface area contributed by atoms with Gasteiger partial charge in [-0.2, -0.15) is 0 Å². The molecular formula is C14H17N3OS. The largest absolute Gasteiger partial charge is 0.359 e. The molecule has 100 valence electrons. The molecular weight excluding hydrogens is 258 g/mol. The third kappa shape index (κ3) is 3.19. The quantitative estimate of drug-likeness (QED) is 0.899. The van der Waals surface area contributed by atoms with Crippen molar-refractivity contribution >= 4 is 17.2 Å². The fourth-order valence-electron chi connectivity index (χ4n) is 1.88. The van der Waals surface area contributed by atoms with Crippen molar-refractivity contribution in [1.82, 2.24) is 10.3 Å². The maximum absolute atomic E-state index is 11.3. The number of rotatable bonds is 4. The number of nitrogens with one attached hydrogen (secondary N) is 1. The highest BCUT2D eigenvalue weighted by Gasteiger charge is 2.11. The molecule has 0 aliphatic heterocycles. The first-order valence-corrected chi connectivity index (χ1v) is 6.96. The molecule has 2 rings (SSSR count). The van der Waals surface area contributed by atoms with E-state index in [-0.39, 0.29) is 11.9 Å². The standard InChI is InChI=1S/C14H17N3OS/c1-9-14(19-8-17-9)11-5-3-10(4-6-11)12(15)7-13(18)16-2/h3-6,8,12H,7,15H2,1-2H3,(H,16,18)/t12-/m0/s1. The third-order valence-corrected chi connectivity index (χ3v) is 4.01. The Hall–Kier alpha value is -1.72. The minimum atomic E-state index is -0.267. The van der Waals surface area contributed by atoms with Gasteiger partial charge in [0.15, 0.2) is 0 Å². The molecule has 4 nitrogen and oxygen atoms in total. The number of benzene rings is 1. The first-order chi connectivity index (χ1) is 9.11. The molecule has 1 aromatic heterocycles. The molecule has 2 aromatic rings. The minimum absolute atomic E-state index is 0.0464. The van der Waals surface area contributed by atoms with Crippen molar-refractivity contribution < 1.29 is 4.79 Å². The number of carbonyl (C=O) groups is 1. The van der Waals surface area contributed by atoms with Crippen molar-refractivity contribution in [1.29, 1.82) is 0 Å². The van der Waals surface area contributed by atoms with Crippen LogP contribution in [0.15, 0.2) is 29.8 Å². The molecule has 1 aromatic carbocycles. The summed E-state index contributed by atoms with van der Waals surface area (Å²) < 4.78 is 0. The smallest absolute Gasteiger partial charge is 0.221 e. The van der Waals surface area contributed by atoms with Gasteiger partial charge in [0.1, 0.15) is 0 Å². The molecule has 0 radical (unpaired) electrons. The van der Waals surface area contributed by atoms with Crippen LogP contribution in [0.1, 0.15) is 23.7 Å². The first-order valence-electron chi connectivity index (χ1n) is 6.08. The lowest BCUT2D eigenvalue weighted by Gasteiger charge is -2.11. The lowest BCUT2D eigenvalue weighted by Crippen LogP contribution is -2.24. The van der Waals surface area contributed by atoms with Crippen molar-refractivity contribution in [3.8, 4) is 10.4 Å². The van der Waals surface area contributed by atoms with Gasteiger partial charge in [0.05, 0.1) is 16.1 Å². The molecule has 19 heavy (non-hydrogen) atoms. The Morgan fingerprint density at radius 2 is 2.11 bits per heavy atom. The molecule has 0 saturated heterocycles. The maximum atomic E-state index is 11.3. The SMILES string of the molecule is CNC(=O)C[C@H](N)c1ccc(-c2scnc2C)cc1. The average molecular weight is 275 g/mol. The van der Waals surface area contributed by atoms with E-state index in [4.69, 9.17) is 5.73 Å². The van der Waals surface area contributed by atoms with E-state index < -0.39 is 0 Å². The molecule has 1 heterocycles. The maximum Gasteiger partial charge on any atom is 0.221 e. The Kier molecular flexibility index (Phi) is 4.29. The van der Waals surface area contributed by atoms with Crippen molar-refractivity contribution in [2.24, 2.45) is 5.73 Å². The monoisotopic (exact) mass is 275 g/mol. The Labute approximate surface area is 116 Å². The number of aromatic nitrogens is 1. The van der Waals surface area contributed by atoms with Gasteiger partial charge in [0, 0.05) is 19.5 Å². The Morgan fingerprint density at radius 1 is 1.42 bits per heavy atom.